The summed E-state index contributed by atoms with van der Waals surface area (Å²) in [6, 6.07) is 5.09. The first-order valence-corrected chi connectivity index (χ1v) is 8.05. The molecule has 0 aliphatic heterocycles. The molecule has 1 aromatic carbocycles. The molecule has 0 aliphatic rings. The Kier molecular flexibility index (Phi) is 14.6. The lowest BCUT2D eigenvalue weighted by Crippen LogP contribution is -1.85. The number of aryl methyl sites for hydroxylation is 2. The second-order valence-corrected chi connectivity index (χ2v) is 6.35. The molecule has 1 rings (SSSR count). The zero-order valence-corrected chi connectivity index (χ0v) is 15.2. The molecular formula is C20H35F. The van der Waals surface area contributed by atoms with Crippen LogP contribution in [0.1, 0.15) is 71.4 Å². The van der Waals surface area contributed by atoms with Crippen molar-refractivity contribution in [1.29, 1.82) is 0 Å². The van der Waals surface area contributed by atoms with E-state index in [2.05, 4.69) is 27.4 Å². The Morgan fingerprint density at radius 2 is 1.67 bits per heavy atom. The number of benzene rings is 1. The van der Waals surface area contributed by atoms with E-state index in [0.29, 0.717) is 0 Å². The summed E-state index contributed by atoms with van der Waals surface area (Å²) in [5.74, 6) is 0.780. The molecule has 0 fully saturated rings. The van der Waals surface area contributed by atoms with Crippen LogP contribution in [-0.4, -0.2) is 0 Å². The highest BCUT2D eigenvalue weighted by atomic mass is 19.1. The van der Waals surface area contributed by atoms with Crippen LogP contribution in [0.5, 0.6) is 0 Å². The highest BCUT2D eigenvalue weighted by Crippen LogP contribution is 2.07. The summed E-state index contributed by atoms with van der Waals surface area (Å²) in [4.78, 5) is 0. The largest absolute Gasteiger partial charge is 0.207 e. The minimum atomic E-state index is -0.124. The Morgan fingerprint density at radius 3 is 2.00 bits per heavy atom. The zero-order chi connectivity index (χ0) is 16.8. The Balaban J connectivity index is 0. The molecule has 21 heavy (non-hydrogen) atoms. The van der Waals surface area contributed by atoms with Gasteiger partial charge in [-0.25, -0.2) is 4.39 Å². The molecule has 0 heterocycles. The first-order valence-electron chi connectivity index (χ1n) is 8.05. The molecule has 0 saturated carbocycles. The van der Waals surface area contributed by atoms with Gasteiger partial charge in [0, 0.05) is 0 Å². The smallest absolute Gasteiger partial charge is 0.126 e. The van der Waals surface area contributed by atoms with Gasteiger partial charge in [-0.15, -0.1) is 6.58 Å². The summed E-state index contributed by atoms with van der Waals surface area (Å²) in [5.41, 5.74) is 2.99. The molecule has 0 nitrogen and oxygen atoms in total. The van der Waals surface area contributed by atoms with Crippen LogP contribution in [0.15, 0.2) is 30.4 Å². The first-order chi connectivity index (χ1) is 9.70. The molecule has 122 valence electrons. The van der Waals surface area contributed by atoms with Crippen LogP contribution in [0, 0.1) is 25.6 Å². The van der Waals surface area contributed by atoms with Gasteiger partial charge in [-0.2, -0.15) is 0 Å². The third-order valence-corrected chi connectivity index (χ3v) is 2.70. The lowest BCUT2D eigenvalue weighted by atomic mass is 10.1. The quantitative estimate of drug-likeness (QED) is 0.405. The average Bonchev–Trinajstić information content (AvgIpc) is 2.34. The summed E-state index contributed by atoms with van der Waals surface area (Å²) in [6.07, 6.45) is 5.60. The molecule has 0 spiro atoms. The van der Waals surface area contributed by atoms with Gasteiger partial charge >= 0.3 is 0 Å². The molecule has 0 bridgehead atoms. The van der Waals surface area contributed by atoms with Crippen LogP contribution in [-0.2, 0) is 0 Å². The van der Waals surface area contributed by atoms with Gasteiger partial charge in [0.25, 0.3) is 0 Å². The van der Waals surface area contributed by atoms with Crippen molar-refractivity contribution < 1.29 is 4.39 Å². The topological polar surface area (TPSA) is 0 Å². The van der Waals surface area contributed by atoms with E-state index in [9.17, 15) is 4.39 Å². The van der Waals surface area contributed by atoms with Crippen LogP contribution in [0.2, 0.25) is 0 Å². The lowest BCUT2D eigenvalue weighted by molar-refractivity contribution is 0.534. The van der Waals surface area contributed by atoms with Crippen molar-refractivity contribution in [3.8, 4) is 0 Å². The fraction of sp³-hybridized carbons (Fsp3) is 0.600. The first kappa shape index (κ1) is 22.2. The van der Waals surface area contributed by atoms with E-state index < -0.39 is 0 Å². The molecule has 1 heteroatoms. The van der Waals surface area contributed by atoms with Crippen LogP contribution in [0.4, 0.5) is 4.39 Å². The monoisotopic (exact) mass is 294 g/mol. The molecule has 0 aromatic heterocycles. The van der Waals surface area contributed by atoms with E-state index in [4.69, 9.17) is 0 Å². The van der Waals surface area contributed by atoms with E-state index in [0.717, 1.165) is 17.0 Å². The molecule has 0 aliphatic carbocycles. The number of halogens is 1. The van der Waals surface area contributed by atoms with Crippen LogP contribution < -0.4 is 0 Å². The van der Waals surface area contributed by atoms with Gasteiger partial charge in [-0.3, -0.25) is 0 Å². The molecule has 0 saturated heterocycles. The summed E-state index contributed by atoms with van der Waals surface area (Å²) < 4.78 is 12.5. The zero-order valence-electron chi connectivity index (χ0n) is 15.2. The van der Waals surface area contributed by atoms with Crippen molar-refractivity contribution in [1.82, 2.24) is 0 Å². The molecular weight excluding hydrogens is 259 g/mol. The summed E-state index contributed by atoms with van der Waals surface area (Å²) in [5, 5.41) is 0. The van der Waals surface area contributed by atoms with Gasteiger partial charge in [0.05, 0.1) is 0 Å². The Labute approximate surface area is 132 Å². The number of unbranched alkanes of at least 4 members (excludes halogenated alkanes) is 2. The van der Waals surface area contributed by atoms with Gasteiger partial charge < -0.3 is 0 Å². The van der Waals surface area contributed by atoms with Crippen molar-refractivity contribution in [2.75, 3.05) is 0 Å². The van der Waals surface area contributed by atoms with Gasteiger partial charge in [0.2, 0.25) is 0 Å². The predicted octanol–water partition coefficient (Wildman–Crippen LogP) is 7.25. The van der Waals surface area contributed by atoms with Crippen molar-refractivity contribution in [2.24, 2.45) is 5.92 Å². The van der Waals surface area contributed by atoms with Crippen molar-refractivity contribution in [3.63, 3.8) is 0 Å². The molecule has 0 unspecified atom stereocenters. The Hall–Kier alpha value is -1.11. The second kappa shape index (κ2) is 13.9. The molecule has 0 amide bonds. The summed E-state index contributed by atoms with van der Waals surface area (Å²) >= 11 is 0. The minimum absolute atomic E-state index is 0.124. The SMILES string of the molecule is C=C(C)C.CCCCCC(C)C.Cc1ccc(F)c(C)c1. The number of hydrogen-bond acceptors (Lipinski definition) is 0. The van der Waals surface area contributed by atoms with E-state index in [-0.39, 0.29) is 5.82 Å². The van der Waals surface area contributed by atoms with Gasteiger partial charge in [0.15, 0.2) is 0 Å². The maximum absolute atomic E-state index is 12.5. The fourth-order valence-electron chi connectivity index (χ4n) is 1.60. The van der Waals surface area contributed by atoms with E-state index in [1.807, 2.05) is 26.8 Å². The molecule has 0 N–H and O–H groups in total. The van der Waals surface area contributed by atoms with Gasteiger partial charge in [-0.1, -0.05) is 69.7 Å². The Bertz CT molecular complexity index is 373. The van der Waals surface area contributed by atoms with E-state index in [1.54, 1.807) is 13.0 Å². The standard InChI is InChI=1S/C8H9F.C8H18.C4H8/c1-6-3-4-8(9)7(2)5-6;1-4-5-6-7-8(2)3;1-4(2)3/h3-5H,1-2H3;8H,4-7H2,1-3H3;1H2,2-3H3. The third-order valence-electron chi connectivity index (χ3n) is 2.70. The van der Waals surface area contributed by atoms with Crippen LogP contribution in [0.25, 0.3) is 0 Å². The maximum atomic E-state index is 12.5. The van der Waals surface area contributed by atoms with Crippen molar-refractivity contribution >= 4 is 0 Å². The minimum Gasteiger partial charge on any atom is -0.207 e. The third kappa shape index (κ3) is 18.9. The van der Waals surface area contributed by atoms with E-state index in [1.165, 1.54) is 37.3 Å². The van der Waals surface area contributed by atoms with Crippen molar-refractivity contribution in [3.05, 3.63) is 47.3 Å². The highest BCUT2D eigenvalue weighted by molar-refractivity contribution is 5.22. The molecule has 0 radical (unpaired) electrons. The molecule has 0 atom stereocenters. The van der Waals surface area contributed by atoms with E-state index >= 15 is 0 Å². The maximum Gasteiger partial charge on any atom is 0.126 e. The van der Waals surface area contributed by atoms with Crippen LogP contribution in [0.3, 0.4) is 0 Å². The average molecular weight is 294 g/mol. The van der Waals surface area contributed by atoms with Crippen LogP contribution >= 0.6 is 0 Å². The number of rotatable bonds is 4. The fourth-order valence-corrected chi connectivity index (χ4v) is 1.60. The number of hydrogen-bond donors (Lipinski definition) is 0. The lowest BCUT2D eigenvalue weighted by Gasteiger charge is -2.00. The van der Waals surface area contributed by atoms with Gasteiger partial charge in [0.1, 0.15) is 5.82 Å². The number of allylic oxidation sites excluding steroid dienone is 1. The summed E-state index contributed by atoms with van der Waals surface area (Å²) in [6.45, 7) is 18.0. The van der Waals surface area contributed by atoms with Crippen molar-refractivity contribution in [2.45, 2.75) is 74.1 Å². The second-order valence-electron chi connectivity index (χ2n) is 6.35. The van der Waals surface area contributed by atoms with Gasteiger partial charge in [-0.05, 0) is 45.2 Å². The summed E-state index contributed by atoms with van der Waals surface area (Å²) in [7, 11) is 0. The normalized spacial score (nSPS) is 9.38. The Morgan fingerprint density at radius 1 is 1.14 bits per heavy atom. The molecule has 1 aromatic rings. The predicted molar refractivity (Wildman–Crippen MR) is 95.3 cm³/mol. The highest BCUT2D eigenvalue weighted by Gasteiger charge is 1.93.